The zero-order valence-electron chi connectivity index (χ0n) is 16.0. The van der Waals surface area contributed by atoms with Gasteiger partial charge < -0.3 is 5.32 Å². The first-order chi connectivity index (χ1) is 12.5. The first-order valence-corrected chi connectivity index (χ1v) is 11.8. The minimum absolute atomic E-state index is 0.402. The first-order valence-electron chi connectivity index (χ1n) is 10.4. The van der Waals surface area contributed by atoms with Crippen LogP contribution in [-0.2, 0) is 16.6 Å². The smallest absolute Gasteiger partial charge is 0.243 e. The topological polar surface area (TPSA) is 49.4 Å². The van der Waals surface area contributed by atoms with Crippen molar-refractivity contribution < 1.29 is 8.42 Å². The van der Waals surface area contributed by atoms with Crippen molar-refractivity contribution in [2.45, 2.75) is 63.4 Å². The fourth-order valence-electron chi connectivity index (χ4n) is 6.04. The van der Waals surface area contributed by atoms with Crippen molar-refractivity contribution in [3.63, 3.8) is 0 Å². The van der Waals surface area contributed by atoms with Gasteiger partial charge in [0.15, 0.2) is 0 Å². The van der Waals surface area contributed by atoms with E-state index < -0.39 is 10.0 Å². The fourth-order valence-corrected chi connectivity index (χ4v) is 7.50. The molecule has 1 aromatic carbocycles. The molecule has 0 heterocycles. The largest absolute Gasteiger partial charge is 0.310 e. The number of hydrogen-bond acceptors (Lipinski definition) is 3. The molecule has 5 atom stereocenters. The summed E-state index contributed by atoms with van der Waals surface area (Å²) >= 11 is 0. The molecule has 0 aromatic heterocycles. The maximum absolute atomic E-state index is 12.6. The minimum Gasteiger partial charge on any atom is -0.310 e. The molecule has 2 bridgehead atoms. The van der Waals surface area contributed by atoms with E-state index in [9.17, 15) is 8.42 Å². The Labute approximate surface area is 158 Å². The number of benzene rings is 1. The molecule has 0 spiro atoms. The van der Waals surface area contributed by atoms with Gasteiger partial charge in [-0.15, -0.1) is 0 Å². The average molecular weight is 377 g/mol. The Hall–Kier alpha value is -0.910. The normalized spacial score (nSPS) is 33.1. The van der Waals surface area contributed by atoms with Crippen LogP contribution in [0, 0.1) is 23.7 Å². The summed E-state index contributed by atoms with van der Waals surface area (Å²) < 4.78 is 26.7. The second kappa shape index (κ2) is 7.25. The highest BCUT2D eigenvalue weighted by atomic mass is 32.2. The van der Waals surface area contributed by atoms with Gasteiger partial charge in [0.05, 0.1) is 4.90 Å². The molecule has 0 amide bonds. The van der Waals surface area contributed by atoms with Gasteiger partial charge in [0.1, 0.15) is 0 Å². The van der Waals surface area contributed by atoms with Crippen molar-refractivity contribution in [2.24, 2.45) is 23.7 Å². The van der Waals surface area contributed by atoms with Crippen LogP contribution in [0.4, 0.5) is 0 Å². The molecule has 0 aliphatic heterocycles. The standard InChI is InChI=1S/C21H32N2O2S/c1-3-23(4-2)26(24,25)17-10-8-15(9-11-17)14-22-21-13-16-12-20(21)19-7-5-6-18(16)19/h8-11,16,18-22H,3-7,12-14H2,1-2H3. The van der Waals surface area contributed by atoms with E-state index in [-0.39, 0.29) is 0 Å². The minimum atomic E-state index is -3.35. The number of fused-ring (bicyclic) bond motifs is 5. The van der Waals surface area contributed by atoms with Crippen LogP contribution < -0.4 is 5.32 Å². The van der Waals surface area contributed by atoms with Gasteiger partial charge in [0.2, 0.25) is 10.0 Å². The van der Waals surface area contributed by atoms with Crippen LogP contribution in [0.25, 0.3) is 0 Å². The van der Waals surface area contributed by atoms with Crippen LogP contribution in [0.2, 0.25) is 0 Å². The molecule has 4 rings (SSSR count). The quantitative estimate of drug-likeness (QED) is 0.790. The fraction of sp³-hybridized carbons (Fsp3) is 0.714. The van der Waals surface area contributed by atoms with Crippen LogP contribution >= 0.6 is 0 Å². The predicted octanol–water partition coefficient (Wildman–Crippen LogP) is 3.63. The van der Waals surface area contributed by atoms with E-state index in [1.54, 1.807) is 12.1 Å². The molecule has 5 heteroatoms. The molecule has 0 saturated heterocycles. The SMILES string of the molecule is CCN(CC)S(=O)(=O)c1ccc(CNC2CC3CC2C2CCCC32)cc1. The van der Waals surface area contributed by atoms with Gasteiger partial charge in [-0.2, -0.15) is 4.31 Å². The Balaban J connectivity index is 1.37. The predicted molar refractivity (Wildman–Crippen MR) is 104 cm³/mol. The lowest BCUT2D eigenvalue weighted by atomic mass is 9.79. The average Bonchev–Trinajstić information content (AvgIpc) is 3.34. The Kier molecular flexibility index (Phi) is 5.15. The van der Waals surface area contributed by atoms with Crippen molar-refractivity contribution in [3.05, 3.63) is 29.8 Å². The van der Waals surface area contributed by atoms with Crippen molar-refractivity contribution in [1.82, 2.24) is 9.62 Å². The molecule has 26 heavy (non-hydrogen) atoms. The maximum Gasteiger partial charge on any atom is 0.243 e. The molecular weight excluding hydrogens is 344 g/mol. The van der Waals surface area contributed by atoms with Crippen LogP contribution in [0.1, 0.15) is 51.5 Å². The first kappa shape index (κ1) is 18.5. The summed E-state index contributed by atoms with van der Waals surface area (Å²) in [6, 6.07) is 8.12. The lowest BCUT2D eigenvalue weighted by Gasteiger charge is -2.32. The molecule has 0 radical (unpaired) electrons. The highest BCUT2D eigenvalue weighted by molar-refractivity contribution is 7.89. The van der Waals surface area contributed by atoms with Crippen molar-refractivity contribution in [3.8, 4) is 0 Å². The van der Waals surface area contributed by atoms with Crippen LogP contribution in [-0.4, -0.2) is 31.9 Å². The zero-order chi connectivity index (χ0) is 18.3. The molecule has 4 nitrogen and oxygen atoms in total. The molecule has 5 unspecified atom stereocenters. The Bertz CT molecular complexity index is 727. The molecule has 144 valence electrons. The van der Waals surface area contributed by atoms with Crippen molar-refractivity contribution in [1.29, 1.82) is 0 Å². The van der Waals surface area contributed by atoms with E-state index in [1.807, 2.05) is 26.0 Å². The summed E-state index contributed by atoms with van der Waals surface area (Å²) in [7, 11) is -3.35. The van der Waals surface area contributed by atoms with Gasteiger partial charge in [0.25, 0.3) is 0 Å². The van der Waals surface area contributed by atoms with Gasteiger partial charge in [-0.05, 0) is 67.1 Å². The van der Waals surface area contributed by atoms with Gasteiger partial charge in [-0.1, -0.05) is 32.4 Å². The second-order valence-electron chi connectivity index (χ2n) is 8.37. The lowest BCUT2D eigenvalue weighted by Crippen LogP contribution is -2.38. The molecule has 3 aliphatic rings. The molecule has 3 fully saturated rings. The number of hydrogen-bond donors (Lipinski definition) is 1. The molecule has 1 aromatic rings. The lowest BCUT2D eigenvalue weighted by molar-refractivity contribution is 0.208. The van der Waals surface area contributed by atoms with E-state index in [2.05, 4.69) is 5.32 Å². The third-order valence-electron chi connectivity index (χ3n) is 7.26. The van der Waals surface area contributed by atoms with Crippen LogP contribution in [0.3, 0.4) is 0 Å². The summed E-state index contributed by atoms with van der Waals surface area (Å²) in [6.07, 6.45) is 7.15. The third-order valence-corrected chi connectivity index (χ3v) is 9.33. The van der Waals surface area contributed by atoms with E-state index in [0.29, 0.717) is 24.0 Å². The van der Waals surface area contributed by atoms with Gasteiger partial charge in [0, 0.05) is 25.7 Å². The monoisotopic (exact) mass is 376 g/mol. The van der Waals surface area contributed by atoms with Gasteiger partial charge >= 0.3 is 0 Å². The zero-order valence-corrected chi connectivity index (χ0v) is 16.8. The number of nitrogens with zero attached hydrogens (tertiary/aromatic N) is 1. The van der Waals surface area contributed by atoms with Gasteiger partial charge in [-0.3, -0.25) is 0 Å². The molecule has 3 saturated carbocycles. The molecule has 3 aliphatic carbocycles. The summed E-state index contributed by atoms with van der Waals surface area (Å²) in [6.45, 7) is 5.62. The highest BCUT2D eigenvalue weighted by Gasteiger charge is 2.53. The second-order valence-corrected chi connectivity index (χ2v) is 10.3. The highest BCUT2D eigenvalue weighted by Crippen LogP contribution is 2.58. The Morgan fingerprint density at radius 2 is 1.69 bits per heavy atom. The van der Waals surface area contributed by atoms with Crippen LogP contribution in [0.15, 0.2) is 29.2 Å². The van der Waals surface area contributed by atoms with E-state index in [0.717, 1.165) is 30.2 Å². The third kappa shape index (κ3) is 3.12. The maximum atomic E-state index is 12.6. The summed E-state index contributed by atoms with van der Waals surface area (Å²) in [5.41, 5.74) is 1.18. The van der Waals surface area contributed by atoms with Crippen molar-refractivity contribution >= 4 is 10.0 Å². The Morgan fingerprint density at radius 3 is 2.38 bits per heavy atom. The number of rotatable bonds is 7. The number of sulfonamides is 1. The van der Waals surface area contributed by atoms with Crippen LogP contribution in [0.5, 0.6) is 0 Å². The molecular formula is C21H32N2O2S. The van der Waals surface area contributed by atoms with E-state index in [1.165, 1.54) is 42.0 Å². The molecule has 1 N–H and O–H groups in total. The number of nitrogens with one attached hydrogen (secondary N) is 1. The summed E-state index contributed by atoms with van der Waals surface area (Å²) in [5.74, 6) is 3.86. The van der Waals surface area contributed by atoms with Crippen molar-refractivity contribution in [2.75, 3.05) is 13.1 Å². The van der Waals surface area contributed by atoms with E-state index in [4.69, 9.17) is 0 Å². The van der Waals surface area contributed by atoms with E-state index >= 15 is 0 Å². The summed E-state index contributed by atoms with van der Waals surface area (Å²) in [4.78, 5) is 0.402. The van der Waals surface area contributed by atoms with Gasteiger partial charge in [-0.25, -0.2) is 8.42 Å². The Morgan fingerprint density at radius 1 is 1.00 bits per heavy atom. The summed E-state index contributed by atoms with van der Waals surface area (Å²) in [5, 5.41) is 3.79.